The zero-order valence-electron chi connectivity index (χ0n) is 12.4. The SMILES string of the molecule is CCN(C(=O)CCc1ccccc1)C1CCCC1CN. The molecule has 20 heavy (non-hydrogen) atoms. The molecule has 0 aliphatic heterocycles. The second-order valence-corrected chi connectivity index (χ2v) is 5.66. The molecule has 0 radical (unpaired) electrons. The number of carbonyl (C=O) groups excluding carboxylic acids is 1. The second kappa shape index (κ2) is 7.44. The summed E-state index contributed by atoms with van der Waals surface area (Å²) < 4.78 is 0. The molecule has 3 heteroatoms. The van der Waals surface area contributed by atoms with Gasteiger partial charge in [0, 0.05) is 19.0 Å². The zero-order chi connectivity index (χ0) is 14.4. The van der Waals surface area contributed by atoms with Crippen molar-refractivity contribution in [2.45, 2.75) is 45.1 Å². The van der Waals surface area contributed by atoms with Gasteiger partial charge in [0.1, 0.15) is 0 Å². The first-order chi connectivity index (χ1) is 9.76. The summed E-state index contributed by atoms with van der Waals surface area (Å²) in [5, 5.41) is 0. The number of aryl methyl sites for hydroxylation is 1. The van der Waals surface area contributed by atoms with Crippen molar-refractivity contribution in [1.29, 1.82) is 0 Å². The molecule has 1 aromatic rings. The Labute approximate surface area is 122 Å². The fourth-order valence-electron chi connectivity index (χ4n) is 3.34. The van der Waals surface area contributed by atoms with Crippen LogP contribution in [0.3, 0.4) is 0 Å². The van der Waals surface area contributed by atoms with Crippen molar-refractivity contribution in [3.8, 4) is 0 Å². The molecule has 1 aliphatic carbocycles. The maximum Gasteiger partial charge on any atom is 0.223 e. The lowest BCUT2D eigenvalue weighted by atomic mass is 10.0. The molecule has 1 amide bonds. The van der Waals surface area contributed by atoms with Crippen LogP contribution in [0.4, 0.5) is 0 Å². The van der Waals surface area contributed by atoms with Gasteiger partial charge in [-0.1, -0.05) is 36.8 Å². The molecule has 0 bridgehead atoms. The third kappa shape index (κ3) is 3.60. The first kappa shape index (κ1) is 15.0. The molecular weight excluding hydrogens is 248 g/mol. The van der Waals surface area contributed by atoms with E-state index in [-0.39, 0.29) is 5.91 Å². The van der Waals surface area contributed by atoms with Crippen molar-refractivity contribution >= 4 is 5.91 Å². The van der Waals surface area contributed by atoms with Gasteiger partial charge in [0.2, 0.25) is 5.91 Å². The van der Waals surface area contributed by atoms with Crippen LogP contribution in [0.1, 0.15) is 38.2 Å². The number of amides is 1. The zero-order valence-corrected chi connectivity index (χ0v) is 12.4. The molecule has 0 heterocycles. The van der Waals surface area contributed by atoms with Crippen LogP contribution in [0.2, 0.25) is 0 Å². The van der Waals surface area contributed by atoms with Crippen molar-refractivity contribution in [2.24, 2.45) is 11.7 Å². The van der Waals surface area contributed by atoms with Crippen LogP contribution < -0.4 is 5.73 Å². The molecule has 1 fully saturated rings. The molecule has 0 saturated heterocycles. The van der Waals surface area contributed by atoms with Gasteiger partial charge in [-0.2, -0.15) is 0 Å². The molecule has 0 spiro atoms. The molecule has 2 rings (SSSR count). The number of hydrogen-bond donors (Lipinski definition) is 1. The van der Waals surface area contributed by atoms with Crippen LogP contribution in [-0.2, 0) is 11.2 Å². The van der Waals surface area contributed by atoms with Crippen LogP contribution >= 0.6 is 0 Å². The second-order valence-electron chi connectivity index (χ2n) is 5.66. The van der Waals surface area contributed by atoms with Crippen molar-refractivity contribution in [2.75, 3.05) is 13.1 Å². The van der Waals surface area contributed by atoms with E-state index in [0.717, 1.165) is 19.4 Å². The number of benzene rings is 1. The highest BCUT2D eigenvalue weighted by molar-refractivity contribution is 5.76. The Morgan fingerprint density at radius 3 is 2.70 bits per heavy atom. The van der Waals surface area contributed by atoms with Crippen LogP contribution in [0.5, 0.6) is 0 Å². The van der Waals surface area contributed by atoms with E-state index in [9.17, 15) is 4.79 Å². The number of nitrogens with zero attached hydrogens (tertiary/aromatic N) is 1. The lowest BCUT2D eigenvalue weighted by Gasteiger charge is -2.32. The molecule has 1 aromatic carbocycles. The Morgan fingerprint density at radius 1 is 1.30 bits per heavy atom. The van der Waals surface area contributed by atoms with Crippen LogP contribution in [-0.4, -0.2) is 29.9 Å². The van der Waals surface area contributed by atoms with Gasteiger partial charge in [0.15, 0.2) is 0 Å². The normalized spacial score (nSPS) is 21.9. The predicted molar refractivity (Wildman–Crippen MR) is 82.3 cm³/mol. The van der Waals surface area contributed by atoms with E-state index in [1.54, 1.807) is 0 Å². The highest BCUT2D eigenvalue weighted by Crippen LogP contribution is 2.29. The quantitative estimate of drug-likeness (QED) is 0.866. The smallest absolute Gasteiger partial charge is 0.223 e. The highest BCUT2D eigenvalue weighted by Gasteiger charge is 2.32. The maximum absolute atomic E-state index is 12.5. The summed E-state index contributed by atoms with van der Waals surface area (Å²) in [6.45, 7) is 3.58. The van der Waals surface area contributed by atoms with Crippen molar-refractivity contribution in [3.05, 3.63) is 35.9 Å². The number of rotatable bonds is 6. The van der Waals surface area contributed by atoms with Crippen molar-refractivity contribution in [1.82, 2.24) is 4.90 Å². The third-order valence-electron chi connectivity index (χ3n) is 4.45. The van der Waals surface area contributed by atoms with Crippen molar-refractivity contribution < 1.29 is 4.79 Å². The summed E-state index contributed by atoms with van der Waals surface area (Å²) in [4.78, 5) is 14.5. The van der Waals surface area contributed by atoms with Gasteiger partial charge in [-0.25, -0.2) is 0 Å². The van der Waals surface area contributed by atoms with Crippen LogP contribution in [0.15, 0.2) is 30.3 Å². The van der Waals surface area contributed by atoms with Gasteiger partial charge in [-0.15, -0.1) is 0 Å². The summed E-state index contributed by atoms with van der Waals surface area (Å²) in [5.74, 6) is 0.775. The van der Waals surface area contributed by atoms with E-state index >= 15 is 0 Å². The molecule has 3 nitrogen and oxygen atoms in total. The maximum atomic E-state index is 12.5. The molecule has 110 valence electrons. The Bertz CT molecular complexity index is 418. The first-order valence-electron chi connectivity index (χ1n) is 7.79. The Hall–Kier alpha value is -1.35. The van der Waals surface area contributed by atoms with Crippen molar-refractivity contribution in [3.63, 3.8) is 0 Å². The molecule has 2 atom stereocenters. The molecule has 1 aliphatic rings. The van der Waals surface area contributed by atoms with E-state index in [0.29, 0.717) is 24.9 Å². The van der Waals surface area contributed by atoms with Gasteiger partial charge >= 0.3 is 0 Å². The molecule has 2 unspecified atom stereocenters. The van der Waals surface area contributed by atoms with E-state index < -0.39 is 0 Å². The number of nitrogens with two attached hydrogens (primary N) is 1. The topological polar surface area (TPSA) is 46.3 Å². The lowest BCUT2D eigenvalue weighted by molar-refractivity contribution is -0.134. The van der Waals surface area contributed by atoms with E-state index in [1.165, 1.54) is 18.4 Å². The highest BCUT2D eigenvalue weighted by atomic mass is 16.2. The average Bonchev–Trinajstić information content (AvgIpc) is 2.95. The average molecular weight is 274 g/mol. The summed E-state index contributed by atoms with van der Waals surface area (Å²) in [6.07, 6.45) is 4.92. The Morgan fingerprint density at radius 2 is 2.05 bits per heavy atom. The Kier molecular flexibility index (Phi) is 5.60. The Balaban J connectivity index is 1.92. The lowest BCUT2D eigenvalue weighted by Crippen LogP contribution is -2.44. The molecule has 1 saturated carbocycles. The van der Waals surface area contributed by atoms with E-state index in [1.807, 2.05) is 18.2 Å². The fraction of sp³-hybridized carbons (Fsp3) is 0.588. The van der Waals surface area contributed by atoms with Gasteiger partial charge in [0.05, 0.1) is 0 Å². The fourth-order valence-corrected chi connectivity index (χ4v) is 3.34. The molecule has 0 aromatic heterocycles. The summed E-state index contributed by atoms with van der Waals surface area (Å²) >= 11 is 0. The minimum Gasteiger partial charge on any atom is -0.340 e. The molecular formula is C17H26N2O. The first-order valence-corrected chi connectivity index (χ1v) is 7.79. The van der Waals surface area contributed by atoms with Gasteiger partial charge in [0.25, 0.3) is 0 Å². The van der Waals surface area contributed by atoms with Gasteiger partial charge in [-0.3, -0.25) is 4.79 Å². The third-order valence-corrected chi connectivity index (χ3v) is 4.45. The van der Waals surface area contributed by atoms with Crippen LogP contribution in [0.25, 0.3) is 0 Å². The van der Waals surface area contributed by atoms with Crippen LogP contribution in [0, 0.1) is 5.92 Å². The summed E-state index contributed by atoms with van der Waals surface area (Å²) in [7, 11) is 0. The number of carbonyl (C=O) groups is 1. The summed E-state index contributed by atoms with van der Waals surface area (Å²) in [5.41, 5.74) is 7.08. The summed E-state index contributed by atoms with van der Waals surface area (Å²) in [6, 6.07) is 10.6. The predicted octanol–water partition coefficient (Wildman–Crippen LogP) is 2.60. The minimum absolute atomic E-state index is 0.279. The van der Waals surface area contributed by atoms with E-state index in [2.05, 4.69) is 24.0 Å². The number of hydrogen-bond acceptors (Lipinski definition) is 2. The standard InChI is InChI=1S/C17H26N2O/c1-2-19(16-10-6-9-15(16)13-18)17(20)12-11-14-7-4-3-5-8-14/h3-5,7-8,15-16H,2,6,9-13,18H2,1H3. The molecule has 2 N–H and O–H groups in total. The van der Waals surface area contributed by atoms with Gasteiger partial charge in [-0.05, 0) is 44.2 Å². The van der Waals surface area contributed by atoms with Gasteiger partial charge < -0.3 is 10.6 Å². The van der Waals surface area contributed by atoms with E-state index in [4.69, 9.17) is 5.73 Å². The largest absolute Gasteiger partial charge is 0.340 e. The minimum atomic E-state index is 0.279. The monoisotopic (exact) mass is 274 g/mol.